The maximum atomic E-state index is 5.10. The van der Waals surface area contributed by atoms with E-state index < -0.39 is 0 Å². The summed E-state index contributed by atoms with van der Waals surface area (Å²) in [5.74, 6) is 0.439. The normalized spacial score (nSPS) is 19.3. The molecule has 0 bridgehead atoms. The van der Waals surface area contributed by atoms with E-state index >= 15 is 0 Å². The average molecular weight is 429 g/mol. The Kier molecular flexibility index (Phi) is 4.21. The van der Waals surface area contributed by atoms with E-state index in [4.69, 9.17) is 5.10 Å². The van der Waals surface area contributed by atoms with Crippen molar-refractivity contribution >= 4 is 37.8 Å². The Balaban J connectivity index is 1.85. The van der Waals surface area contributed by atoms with Crippen LogP contribution in [-0.2, 0) is 0 Å². The highest BCUT2D eigenvalue weighted by Gasteiger charge is 2.21. The zero-order chi connectivity index (χ0) is 19.3. The summed E-state index contributed by atoms with van der Waals surface area (Å²) >= 11 is 3.72. The van der Waals surface area contributed by atoms with Gasteiger partial charge in [-0.1, -0.05) is 95.7 Å². The minimum Gasteiger partial charge on any atom is -0.232 e. The lowest BCUT2D eigenvalue weighted by Gasteiger charge is -2.17. The lowest BCUT2D eigenvalue weighted by atomic mass is 9.94. The molecule has 2 aromatic carbocycles. The number of halogens is 1. The number of nitrogens with zero attached hydrogens (tertiary/aromatic N) is 2. The van der Waals surface area contributed by atoms with Gasteiger partial charge in [0, 0.05) is 21.3 Å². The highest BCUT2D eigenvalue weighted by Crippen LogP contribution is 2.35. The van der Waals surface area contributed by atoms with Gasteiger partial charge in [-0.15, -0.1) is 0 Å². The molecule has 5 rings (SSSR count). The molecule has 0 amide bonds. The standard InChI is InChI=1S/C25H21BrN2/c1-16-14-20(12-13-22(16)26)24-17(2)25-21-11-7-6-10-19(21)15-23(28(25)27-24)18-8-4-3-5-9-18/h3-16,22H,1-2H3. The maximum absolute atomic E-state index is 5.10. The van der Waals surface area contributed by atoms with Crippen LogP contribution in [0.5, 0.6) is 0 Å². The molecule has 0 saturated carbocycles. The number of aryl methyl sites for hydroxylation is 1. The van der Waals surface area contributed by atoms with Gasteiger partial charge in [-0.25, -0.2) is 4.52 Å². The molecule has 0 N–H and O–H groups in total. The Morgan fingerprint density at radius 1 is 1.00 bits per heavy atom. The lowest BCUT2D eigenvalue weighted by molar-refractivity contribution is 0.764. The molecule has 2 nitrogen and oxygen atoms in total. The summed E-state index contributed by atoms with van der Waals surface area (Å²) in [6.07, 6.45) is 6.73. The fraction of sp³-hybridized carbons (Fsp3) is 0.160. The van der Waals surface area contributed by atoms with Crippen LogP contribution < -0.4 is 0 Å². The Labute approximate surface area is 173 Å². The van der Waals surface area contributed by atoms with E-state index in [0.29, 0.717) is 10.7 Å². The predicted octanol–water partition coefficient (Wildman–Crippen LogP) is 6.82. The first-order valence-corrected chi connectivity index (χ1v) is 10.6. The van der Waals surface area contributed by atoms with Gasteiger partial charge >= 0.3 is 0 Å². The number of pyridine rings is 1. The molecule has 0 fully saturated rings. The van der Waals surface area contributed by atoms with E-state index in [2.05, 4.69) is 113 Å². The van der Waals surface area contributed by atoms with Gasteiger partial charge in [-0.3, -0.25) is 0 Å². The molecule has 1 aliphatic carbocycles. The summed E-state index contributed by atoms with van der Waals surface area (Å²) < 4.78 is 2.13. The minimum absolute atomic E-state index is 0.384. The summed E-state index contributed by atoms with van der Waals surface area (Å²) in [5, 5.41) is 7.59. The van der Waals surface area contributed by atoms with Crippen molar-refractivity contribution in [2.45, 2.75) is 18.7 Å². The van der Waals surface area contributed by atoms with E-state index in [1.807, 2.05) is 0 Å². The molecule has 4 aromatic rings. The van der Waals surface area contributed by atoms with Crippen molar-refractivity contribution in [3.8, 4) is 11.3 Å². The number of hydrogen-bond donors (Lipinski definition) is 0. The molecule has 0 spiro atoms. The van der Waals surface area contributed by atoms with Crippen molar-refractivity contribution in [2.75, 3.05) is 0 Å². The van der Waals surface area contributed by atoms with E-state index in [1.165, 1.54) is 33.0 Å². The summed E-state index contributed by atoms with van der Waals surface area (Å²) in [7, 11) is 0. The molecule has 1 aliphatic rings. The zero-order valence-corrected chi connectivity index (χ0v) is 17.5. The van der Waals surface area contributed by atoms with Crippen LogP contribution in [0.25, 0.3) is 33.1 Å². The summed E-state index contributed by atoms with van der Waals surface area (Å²) in [6, 6.07) is 21.3. The molecular formula is C25H21BrN2. The number of hydrogen-bond acceptors (Lipinski definition) is 1. The van der Waals surface area contributed by atoms with Gasteiger partial charge in [0.05, 0.1) is 16.9 Å². The van der Waals surface area contributed by atoms with Crippen LogP contribution in [-0.4, -0.2) is 14.4 Å². The Hall–Kier alpha value is -2.65. The van der Waals surface area contributed by atoms with Crippen LogP contribution >= 0.6 is 15.9 Å². The van der Waals surface area contributed by atoms with E-state index in [9.17, 15) is 0 Å². The van der Waals surface area contributed by atoms with Crippen LogP contribution in [0.4, 0.5) is 0 Å². The fourth-order valence-corrected chi connectivity index (χ4v) is 4.39. The first-order chi connectivity index (χ1) is 13.6. The Bertz CT molecular complexity index is 1250. The SMILES string of the molecule is Cc1c(C2=CC(C)C(Br)C=C2)nn2c(-c3ccccc3)cc3ccccc3c12. The fourth-order valence-electron chi connectivity index (χ4n) is 4.08. The van der Waals surface area contributed by atoms with Crippen molar-refractivity contribution in [3.63, 3.8) is 0 Å². The molecular weight excluding hydrogens is 408 g/mol. The molecule has 2 unspecified atom stereocenters. The van der Waals surface area contributed by atoms with Gasteiger partial charge in [0.25, 0.3) is 0 Å². The summed E-state index contributed by atoms with van der Waals surface area (Å²) in [4.78, 5) is 0.384. The van der Waals surface area contributed by atoms with Crippen LogP contribution in [0.15, 0.2) is 78.9 Å². The molecule has 2 heterocycles. The van der Waals surface area contributed by atoms with Crippen molar-refractivity contribution in [3.05, 3.63) is 90.1 Å². The van der Waals surface area contributed by atoms with E-state index in [0.717, 1.165) is 11.4 Å². The van der Waals surface area contributed by atoms with E-state index in [1.54, 1.807) is 0 Å². The maximum Gasteiger partial charge on any atom is 0.0960 e. The number of benzene rings is 2. The van der Waals surface area contributed by atoms with Gasteiger partial charge in [0.2, 0.25) is 0 Å². The van der Waals surface area contributed by atoms with Crippen molar-refractivity contribution in [1.82, 2.24) is 9.61 Å². The molecule has 28 heavy (non-hydrogen) atoms. The largest absolute Gasteiger partial charge is 0.232 e. The van der Waals surface area contributed by atoms with Gasteiger partial charge < -0.3 is 0 Å². The quantitative estimate of drug-likeness (QED) is 0.320. The third-order valence-corrected chi connectivity index (χ3v) is 6.75. The minimum atomic E-state index is 0.384. The second kappa shape index (κ2) is 6.75. The molecule has 2 atom stereocenters. The third-order valence-electron chi connectivity index (χ3n) is 5.61. The smallest absolute Gasteiger partial charge is 0.0960 e. The molecule has 3 heteroatoms. The van der Waals surface area contributed by atoms with Gasteiger partial charge in [0.15, 0.2) is 0 Å². The van der Waals surface area contributed by atoms with Gasteiger partial charge in [-0.05, 0) is 29.9 Å². The first-order valence-electron chi connectivity index (χ1n) is 9.64. The highest BCUT2D eigenvalue weighted by molar-refractivity contribution is 9.09. The van der Waals surface area contributed by atoms with E-state index in [-0.39, 0.29) is 0 Å². The monoisotopic (exact) mass is 428 g/mol. The predicted molar refractivity (Wildman–Crippen MR) is 122 cm³/mol. The molecule has 138 valence electrons. The third kappa shape index (κ3) is 2.73. The van der Waals surface area contributed by atoms with Gasteiger partial charge in [0.1, 0.15) is 0 Å². The van der Waals surface area contributed by atoms with Crippen LogP contribution in [0.2, 0.25) is 0 Å². The second-order valence-electron chi connectivity index (χ2n) is 7.50. The number of alkyl halides is 1. The number of aromatic nitrogens is 2. The average Bonchev–Trinajstić information content (AvgIpc) is 3.08. The second-order valence-corrected chi connectivity index (χ2v) is 8.56. The van der Waals surface area contributed by atoms with Crippen molar-refractivity contribution in [1.29, 1.82) is 0 Å². The zero-order valence-electron chi connectivity index (χ0n) is 15.9. The Morgan fingerprint density at radius 2 is 1.75 bits per heavy atom. The first kappa shape index (κ1) is 17.4. The van der Waals surface area contributed by atoms with Crippen molar-refractivity contribution in [2.24, 2.45) is 5.92 Å². The van der Waals surface area contributed by atoms with Crippen molar-refractivity contribution < 1.29 is 0 Å². The number of allylic oxidation sites excluding steroid dienone is 4. The molecule has 0 aliphatic heterocycles. The topological polar surface area (TPSA) is 17.3 Å². The lowest BCUT2D eigenvalue weighted by Crippen LogP contribution is -2.09. The number of fused-ring (bicyclic) bond motifs is 3. The van der Waals surface area contributed by atoms with Crippen LogP contribution in [0.3, 0.4) is 0 Å². The van der Waals surface area contributed by atoms with Gasteiger partial charge in [-0.2, -0.15) is 5.10 Å². The Morgan fingerprint density at radius 3 is 2.54 bits per heavy atom. The molecule has 0 saturated heterocycles. The van der Waals surface area contributed by atoms with Crippen LogP contribution in [0, 0.1) is 12.8 Å². The van der Waals surface area contributed by atoms with Crippen LogP contribution in [0.1, 0.15) is 18.2 Å². The summed E-state index contributed by atoms with van der Waals surface area (Å²) in [6.45, 7) is 4.43. The summed E-state index contributed by atoms with van der Waals surface area (Å²) in [5.41, 5.74) is 6.98. The number of rotatable bonds is 2. The highest BCUT2D eigenvalue weighted by atomic mass is 79.9. The molecule has 0 radical (unpaired) electrons. The molecule has 2 aromatic heterocycles.